The molecule has 4 amide bonds. The average Bonchev–Trinajstić information content (AvgIpc) is 1.60. The third-order valence-corrected chi connectivity index (χ3v) is 16.8. The van der Waals surface area contributed by atoms with Crippen molar-refractivity contribution < 1.29 is 61.5 Å². The topological polar surface area (TPSA) is 240 Å². The molecule has 2 fully saturated rings. The first-order valence-corrected chi connectivity index (χ1v) is 30.4. The number of nitriles is 1. The van der Waals surface area contributed by atoms with Gasteiger partial charge >= 0.3 is 0 Å². The van der Waals surface area contributed by atoms with Crippen molar-refractivity contribution >= 4 is 69.6 Å². The van der Waals surface area contributed by atoms with E-state index >= 15 is 8.78 Å². The minimum absolute atomic E-state index is 0.0489. The van der Waals surface area contributed by atoms with E-state index in [9.17, 15) is 34.3 Å². The van der Waals surface area contributed by atoms with Gasteiger partial charge in [0.15, 0.2) is 5.78 Å². The van der Waals surface area contributed by atoms with Crippen molar-refractivity contribution in [1.29, 1.82) is 5.26 Å². The normalized spacial score (nSPS) is 19.8. The number of carbonyl (C=O) groups is 5. The lowest BCUT2D eigenvalue weighted by atomic mass is 9.62. The largest absolute Gasteiger partial charge is 0.495 e. The molecule has 1 aromatic heterocycles. The van der Waals surface area contributed by atoms with Crippen LogP contribution in [-0.4, -0.2) is 141 Å². The number of aliphatic hydroxyl groups excluding tert-OH is 1. The van der Waals surface area contributed by atoms with E-state index in [1.807, 2.05) is 52.0 Å². The number of likely N-dealkylation sites (tertiary alicyclic amines) is 1. The number of halogens is 4. The van der Waals surface area contributed by atoms with E-state index in [-0.39, 0.29) is 124 Å². The minimum atomic E-state index is -1.83. The number of aromatic nitrogens is 1. The molecule has 0 aliphatic carbocycles. The quantitative estimate of drug-likeness (QED) is 0.0232. The summed E-state index contributed by atoms with van der Waals surface area (Å²) in [6.45, 7) is 14.6. The number of methoxy groups -OCH3 is 1. The summed E-state index contributed by atoms with van der Waals surface area (Å²) in [4.78, 5) is 75.1. The molecule has 2 aliphatic rings. The first-order valence-electron chi connectivity index (χ1n) is 28.8. The van der Waals surface area contributed by atoms with Gasteiger partial charge in [-0.15, -0.1) is 11.3 Å². The van der Waals surface area contributed by atoms with Gasteiger partial charge in [-0.25, -0.2) is 13.8 Å². The number of nitrogens with one attached hydrogen (secondary N) is 4. The molecule has 468 valence electrons. The summed E-state index contributed by atoms with van der Waals surface area (Å²) < 4.78 is 60.3. The Morgan fingerprint density at radius 1 is 0.897 bits per heavy atom. The van der Waals surface area contributed by atoms with Crippen molar-refractivity contribution in [2.24, 2.45) is 10.8 Å². The van der Waals surface area contributed by atoms with Crippen molar-refractivity contribution in [3.05, 3.63) is 134 Å². The number of ketones is 1. The number of nitrogens with zero attached hydrogens (tertiary/aromatic N) is 3. The van der Waals surface area contributed by atoms with Gasteiger partial charge in [-0.05, 0) is 83.7 Å². The first-order chi connectivity index (χ1) is 41.4. The Hall–Kier alpha value is -6.45. The molecule has 2 saturated heterocycles. The highest BCUT2D eigenvalue weighted by Crippen LogP contribution is 2.53. The van der Waals surface area contributed by atoms with E-state index in [0.29, 0.717) is 12.0 Å². The molecular formula is C64H77Cl2F2N7O11S. The third kappa shape index (κ3) is 17.5. The van der Waals surface area contributed by atoms with Gasteiger partial charge in [-0.2, -0.15) is 5.26 Å². The standard InChI is InChI=1S/C64H77Cl2F2N7O11S/c1-38-57(87-37-71-38)40-16-14-39(15-17-40)33-70-59(79)49-31-43(76)34-75(49)61(81)58(63(5,6)7)74-53(78)35-86-28-27-85-26-25-84-24-23-83-22-10-13-50(77)41-18-21-48(51(29-41)82-8)72-60(80)56-54(44-11-9-12-46(66)55(44)68)64(36-69,52(73-56)32-62(2,3)4)45-20-19-42(65)30-47(45)67/h9,11-12,14-21,29-30,37,43,49,52,54,56,58,73,76H,10,13,22-28,31-35H2,1-8H3,(H,70,79)(H,72,80)(H,74,78)/t43-,49+,52?,54+,56?,58-,64+/m1/s1. The second kappa shape index (κ2) is 30.6. The van der Waals surface area contributed by atoms with Crippen molar-refractivity contribution in [1.82, 2.24) is 25.8 Å². The number of aryl methyl sites for hydroxylation is 1. The minimum Gasteiger partial charge on any atom is -0.495 e. The molecule has 0 bridgehead atoms. The molecule has 0 spiro atoms. The van der Waals surface area contributed by atoms with Gasteiger partial charge in [0.1, 0.15) is 41.5 Å². The van der Waals surface area contributed by atoms with E-state index in [1.165, 1.54) is 54.5 Å². The fourth-order valence-corrected chi connectivity index (χ4v) is 12.2. The second-order valence-electron chi connectivity index (χ2n) is 24.0. The molecule has 7 atom stereocenters. The van der Waals surface area contributed by atoms with Crippen LogP contribution in [0.25, 0.3) is 10.4 Å². The number of rotatable bonds is 28. The number of Topliss-reactive ketones (excluding diaryl/α,β-unsaturated/α-hetero) is 1. The molecule has 4 aromatic carbocycles. The Labute approximate surface area is 520 Å². The highest BCUT2D eigenvalue weighted by molar-refractivity contribution is 7.13. The van der Waals surface area contributed by atoms with Crippen molar-refractivity contribution in [2.75, 3.05) is 71.8 Å². The number of benzene rings is 4. The molecule has 23 heteroatoms. The summed E-state index contributed by atoms with van der Waals surface area (Å²) in [6.07, 6.45) is -0.00511. The number of amides is 4. The summed E-state index contributed by atoms with van der Waals surface area (Å²) >= 11 is 14.0. The van der Waals surface area contributed by atoms with Crippen LogP contribution in [0.3, 0.4) is 0 Å². The van der Waals surface area contributed by atoms with Crippen LogP contribution >= 0.6 is 34.5 Å². The van der Waals surface area contributed by atoms with Gasteiger partial charge in [0.25, 0.3) is 0 Å². The van der Waals surface area contributed by atoms with E-state index in [0.717, 1.165) is 27.8 Å². The zero-order valence-corrected chi connectivity index (χ0v) is 52.6. The summed E-state index contributed by atoms with van der Waals surface area (Å²) in [5.41, 5.74) is 2.05. The second-order valence-corrected chi connectivity index (χ2v) is 25.7. The Kier molecular flexibility index (Phi) is 24.0. The Morgan fingerprint density at radius 2 is 1.57 bits per heavy atom. The maximum atomic E-state index is 16.2. The molecule has 5 N–H and O–H groups in total. The van der Waals surface area contributed by atoms with Crippen LogP contribution in [0, 0.1) is 40.7 Å². The molecular weight excluding hydrogens is 1180 g/mol. The number of carbonyl (C=O) groups excluding carboxylic acids is 5. The first kappa shape index (κ1) is 68.0. The number of β-amino-alcohol motifs (C(OH)–C–C–N with tert-alkyl or cyclic N) is 1. The van der Waals surface area contributed by atoms with Gasteiger partial charge in [0.05, 0.1) is 91.8 Å². The van der Waals surface area contributed by atoms with Gasteiger partial charge in [0.2, 0.25) is 23.6 Å². The SMILES string of the molecule is COc1cc(C(=O)CCCOCCOCCOCCOCC(=O)N[C@H](C(=O)N2C[C@H](O)C[C@H]2C(=O)NCc2ccc(-c3scnc3C)cc2)C(C)(C)C)ccc1NC(=O)C1NC(CC(C)(C)C)[C@](C#N)(c2ccc(Cl)cc2F)[C@H]1c1cccc(Cl)c1F. The molecule has 87 heavy (non-hydrogen) atoms. The number of aliphatic hydroxyl groups is 1. The van der Waals surface area contributed by atoms with Gasteiger partial charge in [0, 0.05) is 60.6 Å². The number of ether oxygens (including phenoxy) is 5. The predicted octanol–water partition coefficient (Wildman–Crippen LogP) is 9.51. The molecule has 2 aliphatic heterocycles. The number of anilines is 1. The average molecular weight is 1260 g/mol. The zero-order valence-electron chi connectivity index (χ0n) is 50.2. The summed E-state index contributed by atoms with van der Waals surface area (Å²) in [5, 5.41) is 33.5. The molecule has 7 rings (SSSR count). The smallest absolute Gasteiger partial charge is 0.246 e. The summed E-state index contributed by atoms with van der Waals surface area (Å²) in [5.74, 6) is -5.02. The third-order valence-electron chi connectivity index (χ3n) is 15.3. The van der Waals surface area contributed by atoms with Gasteiger partial charge in [-0.3, -0.25) is 24.0 Å². The maximum absolute atomic E-state index is 16.2. The molecule has 0 radical (unpaired) electrons. The van der Waals surface area contributed by atoms with Crippen LogP contribution in [0.15, 0.2) is 84.4 Å². The lowest BCUT2D eigenvalue weighted by molar-refractivity contribution is -0.144. The Bertz CT molecular complexity index is 3260. The monoisotopic (exact) mass is 1260 g/mol. The van der Waals surface area contributed by atoms with Crippen LogP contribution in [0.4, 0.5) is 14.5 Å². The van der Waals surface area contributed by atoms with Crippen LogP contribution in [-0.2, 0) is 50.1 Å². The van der Waals surface area contributed by atoms with Gasteiger partial charge in [-0.1, -0.05) is 107 Å². The fraction of sp³-hybridized carbons (Fsp3) is 0.484. The van der Waals surface area contributed by atoms with Crippen LogP contribution in [0.2, 0.25) is 10.0 Å². The molecule has 3 heterocycles. The van der Waals surface area contributed by atoms with Crippen molar-refractivity contribution in [3.8, 4) is 22.3 Å². The maximum Gasteiger partial charge on any atom is 0.246 e. The van der Waals surface area contributed by atoms with Crippen LogP contribution in [0.5, 0.6) is 5.75 Å². The lowest BCUT2D eigenvalue weighted by Gasteiger charge is -2.37. The van der Waals surface area contributed by atoms with E-state index in [4.69, 9.17) is 46.9 Å². The number of hydrogen-bond donors (Lipinski definition) is 5. The fourth-order valence-electron chi connectivity index (χ4n) is 11.0. The molecule has 5 aromatic rings. The highest BCUT2D eigenvalue weighted by atomic mass is 35.5. The molecule has 18 nitrogen and oxygen atoms in total. The van der Waals surface area contributed by atoms with E-state index in [2.05, 4.69) is 32.3 Å². The summed E-state index contributed by atoms with van der Waals surface area (Å²) in [7, 11) is 1.38. The van der Waals surface area contributed by atoms with Gasteiger partial charge < -0.3 is 55.0 Å². The van der Waals surface area contributed by atoms with E-state index in [1.54, 1.807) is 43.7 Å². The number of hydrogen-bond acceptors (Lipinski definition) is 15. The zero-order chi connectivity index (χ0) is 63.2. The van der Waals surface area contributed by atoms with Crippen LogP contribution in [0.1, 0.15) is 106 Å². The van der Waals surface area contributed by atoms with Crippen LogP contribution < -0.4 is 26.0 Å². The highest BCUT2D eigenvalue weighted by Gasteiger charge is 2.61. The number of thiazole rings is 1. The lowest BCUT2D eigenvalue weighted by Crippen LogP contribution is -2.58. The van der Waals surface area contributed by atoms with Crippen molar-refractivity contribution in [2.45, 2.75) is 122 Å². The summed E-state index contributed by atoms with van der Waals surface area (Å²) in [6, 6.07) is 18.9. The van der Waals surface area contributed by atoms with E-state index < -0.39 is 87.7 Å². The van der Waals surface area contributed by atoms with Crippen molar-refractivity contribution in [3.63, 3.8) is 0 Å². The molecule has 0 saturated carbocycles. The Morgan fingerprint density at radius 3 is 2.20 bits per heavy atom. The molecule has 2 unspecified atom stereocenters. The predicted molar refractivity (Wildman–Crippen MR) is 328 cm³/mol. The Balaban J connectivity index is 0.795.